The van der Waals surface area contributed by atoms with Gasteiger partial charge in [-0.1, -0.05) is 12.1 Å². The summed E-state index contributed by atoms with van der Waals surface area (Å²) in [7, 11) is 1.87. The molecule has 1 N–H and O–H groups in total. The lowest BCUT2D eigenvalue weighted by Gasteiger charge is -2.01. The monoisotopic (exact) mass is 246 g/mol. The van der Waals surface area contributed by atoms with Gasteiger partial charge in [0.25, 0.3) is 5.69 Å². The van der Waals surface area contributed by atoms with Crippen LogP contribution in [0.5, 0.6) is 0 Å². The Labute approximate surface area is 104 Å². The molecule has 0 bridgehead atoms. The molecule has 1 aromatic heterocycles. The molecule has 0 saturated heterocycles. The Morgan fingerprint density at radius 3 is 3.00 bits per heavy atom. The van der Waals surface area contributed by atoms with E-state index in [4.69, 9.17) is 0 Å². The van der Waals surface area contributed by atoms with Gasteiger partial charge in [0.15, 0.2) is 0 Å². The maximum Gasteiger partial charge on any atom is 0.269 e. The van der Waals surface area contributed by atoms with Crippen LogP contribution in [-0.4, -0.2) is 21.8 Å². The van der Waals surface area contributed by atoms with Gasteiger partial charge in [-0.25, -0.2) is 0 Å². The lowest BCUT2D eigenvalue weighted by atomic mass is 10.2. The lowest BCUT2D eigenvalue weighted by molar-refractivity contribution is -0.384. The Kier molecular flexibility index (Phi) is 3.69. The van der Waals surface area contributed by atoms with E-state index in [1.165, 1.54) is 6.07 Å². The molecule has 18 heavy (non-hydrogen) atoms. The number of nitro groups is 1. The molecule has 0 amide bonds. The number of hydrogen-bond acceptors (Lipinski definition) is 4. The number of rotatable bonds is 5. The number of hydrogen-bond donors (Lipinski definition) is 1. The average Bonchev–Trinajstić information content (AvgIpc) is 2.77. The van der Waals surface area contributed by atoms with Gasteiger partial charge >= 0.3 is 0 Å². The zero-order chi connectivity index (χ0) is 13.0. The van der Waals surface area contributed by atoms with Gasteiger partial charge in [-0.15, -0.1) is 0 Å². The molecule has 0 atom stereocenters. The highest BCUT2D eigenvalue weighted by atomic mass is 16.6. The summed E-state index contributed by atoms with van der Waals surface area (Å²) in [4.78, 5) is 10.3. The van der Waals surface area contributed by atoms with Crippen molar-refractivity contribution in [3.63, 3.8) is 0 Å². The largest absolute Gasteiger partial charge is 0.316 e. The lowest BCUT2D eigenvalue weighted by Crippen LogP contribution is -2.04. The second-order valence-electron chi connectivity index (χ2n) is 4.00. The van der Waals surface area contributed by atoms with Gasteiger partial charge < -0.3 is 5.32 Å². The molecule has 0 radical (unpaired) electrons. The van der Waals surface area contributed by atoms with Crippen molar-refractivity contribution >= 4 is 5.69 Å². The van der Waals surface area contributed by atoms with Crippen molar-refractivity contribution in [2.24, 2.45) is 0 Å². The van der Waals surface area contributed by atoms with Crippen molar-refractivity contribution in [2.75, 3.05) is 7.05 Å². The predicted molar refractivity (Wildman–Crippen MR) is 67.2 cm³/mol. The zero-order valence-corrected chi connectivity index (χ0v) is 10.0. The second kappa shape index (κ2) is 5.42. The first-order valence-corrected chi connectivity index (χ1v) is 5.58. The summed E-state index contributed by atoms with van der Waals surface area (Å²) >= 11 is 0. The molecule has 0 aliphatic carbocycles. The average molecular weight is 246 g/mol. The Bertz CT molecular complexity index is 551. The maximum atomic E-state index is 10.7. The van der Waals surface area contributed by atoms with Crippen LogP contribution in [0.4, 0.5) is 5.69 Å². The summed E-state index contributed by atoms with van der Waals surface area (Å²) in [6.07, 6.45) is 3.71. The number of aromatic nitrogens is 2. The minimum atomic E-state index is -0.390. The highest BCUT2D eigenvalue weighted by Gasteiger charge is 2.06. The molecular weight excluding hydrogens is 232 g/mol. The fourth-order valence-corrected chi connectivity index (χ4v) is 1.74. The van der Waals surface area contributed by atoms with Crippen molar-refractivity contribution in [3.05, 3.63) is 57.9 Å². The van der Waals surface area contributed by atoms with Crippen LogP contribution >= 0.6 is 0 Å². The van der Waals surface area contributed by atoms with E-state index in [1.54, 1.807) is 23.0 Å². The molecule has 6 nitrogen and oxygen atoms in total. The number of benzene rings is 1. The third kappa shape index (κ3) is 2.92. The second-order valence-corrected chi connectivity index (χ2v) is 4.00. The third-order valence-electron chi connectivity index (χ3n) is 2.53. The van der Waals surface area contributed by atoms with Crippen molar-refractivity contribution in [1.29, 1.82) is 0 Å². The van der Waals surface area contributed by atoms with Crippen molar-refractivity contribution in [3.8, 4) is 0 Å². The van der Waals surface area contributed by atoms with Gasteiger partial charge in [0.2, 0.25) is 0 Å². The van der Waals surface area contributed by atoms with Crippen LogP contribution in [0.2, 0.25) is 0 Å². The molecule has 0 saturated carbocycles. The first-order chi connectivity index (χ1) is 8.69. The molecule has 6 heteroatoms. The van der Waals surface area contributed by atoms with Gasteiger partial charge in [-0.3, -0.25) is 14.8 Å². The molecule has 0 aliphatic heterocycles. The highest BCUT2D eigenvalue weighted by Crippen LogP contribution is 2.14. The predicted octanol–water partition coefficient (Wildman–Crippen LogP) is 1.56. The Morgan fingerprint density at radius 1 is 1.44 bits per heavy atom. The zero-order valence-electron chi connectivity index (χ0n) is 10.0. The van der Waals surface area contributed by atoms with E-state index in [-0.39, 0.29) is 10.6 Å². The summed E-state index contributed by atoms with van der Waals surface area (Å²) < 4.78 is 1.77. The first kappa shape index (κ1) is 12.3. The fourth-order valence-electron chi connectivity index (χ4n) is 1.74. The van der Waals surface area contributed by atoms with Crippen LogP contribution < -0.4 is 5.32 Å². The van der Waals surface area contributed by atoms with E-state index in [0.717, 1.165) is 17.7 Å². The molecule has 1 aromatic carbocycles. The SMILES string of the molecule is CNCc1cnn(Cc2cccc([N+](=O)[O-])c2)c1. The van der Waals surface area contributed by atoms with E-state index in [9.17, 15) is 10.1 Å². The molecule has 1 heterocycles. The molecule has 0 spiro atoms. The van der Waals surface area contributed by atoms with Crippen LogP contribution in [0, 0.1) is 10.1 Å². The van der Waals surface area contributed by atoms with Crippen LogP contribution in [-0.2, 0) is 13.1 Å². The van der Waals surface area contributed by atoms with E-state index in [1.807, 2.05) is 19.3 Å². The highest BCUT2D eigenvalue weighted by molar-refractivity contribution is 5.34. The van der Waals surface area contributed by atoms with E-state index in [0.29, 0.717) is 6.54 Å². The molecule has 0 unspecified atom stereocenters. The molecule has 0 aliphatic rings. The summed E-state index contributed by atoms with van der Waals surface area (Å²) in [6, 6.07) is 6.59. The van der Waals surface area contributed by atoms with E-state index >= 15 is 0 Å². The van der Waals surface area contributed by atoms with Crippen LogP contribution in [0.25, 0.3) is 0 Å². The van der Waals surface area contributed by atoms with Crippen LogP contribution in [0.15, 0.2) is 36.7 Å². The smallest absolute Gasteiger partial charge is 0.269 e. The number of nitro benzene ring substituents is 1. The van der Waals surface area contributed by atoms with Crippen LogP contribution in [0.1, 0.15) is 11.1 Å². The van der Waals surface area contributed by atoms with Gasteiger partial charge in [0.1, 0.15) is 0 Å². The minimum Gasteiger partial charge on any atom is -0.316 e. The van der Waals surface area contributed by atoms with Crippen molar-refractivity contribution < 1.29 is 4.92 Å². The quantitative estimate of drug-likeness (QED) is 0.641. The number of nitrogens with zero attached hydrogens (tertiary/aromatic N) is 3. The van der Waals surface area contributed by atoms with Gasteiger partial charge in [0, 0.05) is 30.4 Å². The Morgan fingerprint density at radius 2 is 2.28 bits per heavy atom. The van der Waals surface area contributed by atoms with Gasteiger partial charge in [0.05, 0.1) is 17.7 Å². The summed E-state index contributed by atoms with van der Waals surface area (Å²) in [5.41, 5.74) is 2.06. The van der Waals surface area contributed by atoms with Crippen molar-refractivity contribution in [2.45, 2.75) is 13.1 Å². The van der Waals surface area contributed by atoms with E-state index in [2.05, 4.69) is 10.4 Å². The number of non-ortho nitro benzene ring substituents is 1. The maximum absolute atomic E-state index is 10.7. The Hall–Kier alpha value is -2.21. The fraction of sp³-hybridized carbons (Fsp3) is 0.250. The molecule has 2 rings (SSSR count). The first-order valence-electron chi connectivity index (χ1n) is 5.58. The number of nitrogens with one attached hydrogen (secondary N) is 1. The van der Waals surface area contributed by atoms with Crippen LogP contribution in [0.3, 0.4) is 0 Å². The Balaban J connectivity index is 2.12. The summed E-state index contributed by atoms with van der Waals surface area (Å²) in [6.45, 7) is 1.29. The van der Waals surface area contributed by atoms with Gasteiger partial charge in [-0.2, -0.15) is 5.10 Å². The minimum absolute atomic E-state index is 0.107. The molecular formula is C12H14N4O2. The summed E-state index contributed by atoms with van der Waals surface area (Å²) in [5.74, 6) is 0. The summed E-state index contributed by atoms with van der Waals surface area (Å²) in [5, 5.41) is 17.9. The topological polar surface area (TPSA) is 73.0 Å². The molecule has 94 valence electrons. The standard InChI is InChI=1S/C12H14N4O2/c1-13-6-11-7-14-15(9-11)8-10-3-2-4-12(5-10)16(17)18/h2-5,7,9,13H,6,8H2,1H3. The molecule has 2 aromatic rings. The normalized spacial score (nSPS) is 10.5. The van der Waals surface area contributed by atoms with E-state index < -0.39 is 0 Å². The molecule has 0 fully saturated rings. The van der Waals surface area contributed by atoms with Crippen molar-refractivity contribution in [1.82, 2.24) is 15.1 Å². The third-order valence-corrected chi connectivity index (χ3v) is 2.53. The van der Waals surface area contributed by atoms with Gasteiger partial charge in [-0.05, 0) is 12.6 Å².